The van der Waals surface area contributed by atoms with Crippen molar-refractivity contribution in [2.24, 2.45) is 5.92 Å². The Morgan fingerprint density at radius 2 is 1.77 bits per heavy atom. The van der Waals surface area contributed by atoms with E-state index in [1.54, 1.807) is 24.3 Å². The molecule has 0 saturated carbocycles. The van der Waals surface area contributed by atoms with Gasteiger partial charge in [-0.3, -0.25) is 9.69 Å². The molecule has 0 atom stereocenters. The molecule has 1 N–H and O–H groups in total. The molecule has 1 aliphatic rings. The van der Waals surface area contributed by atoms with Crippen molar-refractivity contribution in [3.8, 4) is 5.75 Å². The zero-order valence-electron chi connectivity index (χ0n) is 17.8. The summed E-state index contributed by atoms with van der Waals surface area (Å²) in [6, 6.07) is 16.6. The standard InChI is InChI=1S/C25H28N2O4/c1-18-10-12-27(13-11-18)16-20-4-2-19(3-5-20)15-26-24(28)17-30-22-8-6-21-7-9-25(29)31-23(21)14-22/h2-9,14,18H,10-13,15-17H2,1H3,(H,26,28). The number of amides is 1. The highest BCUT2D eigenvalue weighted by molar-refractivity contribution is 5.79. The Labute approximate surface area is 181 Å². The van der Waals surface area contributed by atoms with Crippen LogP contribution in [0.3, 0.4) is 0 Å². The molecule has 6 heteroatoms. The molecule has 1 saturated heterocycles. The molecule has 6 nitrogen and oxygen atoms in total. The second-order valence-corrected chi connectivity index (χ2v) is 8.29. The van der Waals surface area contributed by atoms with Crippen LogP contribution in [0, 0.1) is 5.92 Å². The maximum absolute atomic E-state index is 12.1. The zero-order valence-corrected chi connectivity index (χ0v) is 17.8. The van der Waals surface area contributed by atoms with Crippen molar-refractivity contribution in [1.82, 2.24) is 10.2 Å². The molecule has 31 heavy (non-hydrogen) atoms. The number of likely N-dealkylation sites (tertiary alicyclic amines) is 1. The van der Waals surface area contributed by atoms with Gasteiger partial charge in [-0.2, -0.15) is 0 Å². The van der Waals surface area contributed by atoms with Crippen LogP contribution in [-0.2, 0) is 17.9 Å². The number of nitrogens with zero attached hydrogens (tertiary/aromatic N) is 1. The maximum Gasteiger partial charge on any atom is 0.336 e. The van der Waals surface area contributed by atoms with Crippen LogP contribution in [0.4, 0.5) is 0 Å². The molecule has 0 spiro atoms. The van der Waals surface area contributed by atoms with Crippen LogP contribution < -0.4 is 15.7 Å². The first-order valence-corrected chi connectivity index (χ1v) is 10.8. The first-order chi connectivity index (χ1) is 15.0. The Morgan fingerprint density at radius 3 is 2.55 bits per heavy atom. The predicted molar refractivity (Wildman–Crippen MR) is 120 cm³/mol. The molecule has 1 fully saturated rings. The smallest absolute Gasteiger partial charge is 0.336 e. The molecule has 0 bridgehead atoms. The lowest BCUT2D eigenvalue weighted by atomic mass is 9.99. The summed E-state index contributed by atoms with van der Waals surface area (Å²) in [5.41, 5.74) is 2.37. The molecule has 4 rings (SSSR count). The topological polar surface area (TPSA) is 71.8 Å². The van der Waals surface area contributed by atoms with Crippen LogP contribution in [0.1, 0.15) is 30.9 Å². The number of carbonyl (C=O) groups excluding carboxylic acids is 1. The van der Waals surface area contributed by atoms with Crippen LogP contribution >= 0.6 is 0 Å². The number of carbonyl (C=O) groups is 1. The van der Waals surface area contributed by atoms with Crippen LogP contribution in [0.15, 0.2) is 63.8 Å². The summed E-state index contributed by atoms with van der Waals surface area (Å²) in [4.78, 5) is 26.0. The number of rotatable bonds is 7. The van der Waals surface area contributed by atoms with E-state index in [4.69, 9.17) is 9.15 Å². The molecule has 3 aromatic rings. The minimum atomic E-state index is -0.418. The third-order valence-corrected chi connectivity index (χ3v) is 5.76. The van der Waals surface area contributed by atoms with Gasteiger partial charge in [0.2, 0.25) is 0 Å². The van der Waals surface area contributed by atoms with Gasteiger partial charge in [0.25, 0.3) is 5.91 Å². The molecule has 0 unspecified atom stereocenters. The number of hydrogen-bond donors (Lipinski definition) is 1. The van der Waals surface area contributed by atoms with Crippen LogP contribution in [-0.4, -0.2) is 30.5 Å². The van der Waals surface area contributed by atoms with Crippen molar-refractivity contribution in [2.75, 3.05) is 19.7 Å². The van der Waals surface area contributed by atoms with Crippen molar-refractivity contribution >= 4 is 16.9 Å². The van der Waals surface area contributed by atoms with E-state index in [-0.39, 0.29) is 12.5 Å². The molecule has 1 amide bonds. The lowest BCUT2D eigenvalue weighted by Gasteiger charge is -2.30. The summed E-state index contributed by atoms with van der Waals surface area (Å²) in [5, 5.41) is 3.67. The highest BCUT2D eigenvalue weighted by Gasteiger charge is 2.15. The van der Waals surface area contributed by atoms with E-state index in [1.165, 1.54) is 37.6 Å². The summed E-state index contributed by atoms with van der Waals surface area (Å²) >= 11 is 0. The summed E-state index contributed by atoms with van der Waals surface area (Å²) < 4.78 is 10.7. The monoisotopic (exact) mass is 420 g/mol. The SMILES string of the molecule is CC1CCN(Cc2ccc(CNC(=O)COc3ccc4ccc(=O)oc4c3)cc2)CC1. The number of nitrogens with one attached hydrogen (secondary N) is 1. The largest absolute Gasteiger partial charge is 0.484 e. The van der Waals surface area contributed by atoms with E-state index in [0.717, 1.165) is 23.4 Å². The van der Waals surface area contributed by atoms with E-state index in [1.807, 2.05) is 0 Å². The van der Waals surface area contributed by atoms with Gasteiger partial charge in [-0.25, -0.2) is 4.79 Å². The number of benzene rings is 2. The maximum atomic E-state index is 12.1. The predicted octanol–water partition coefficient (Wildman–Crippen LogP) is 3.72. The van der Waals surface area contributed by atoms with Gasteiger partial charge >= 0.3 is 5.63 Å². The Bertz CT molecular complexity index is 1080. The van der Waals surface area contributed by atoms with Crippen molar-refractivity contribution in [2.45, 2.75) is 32.9 Å². The quantitative estimate of drug-likeness (QED) is 0.590. The fourth-order valence-corrected chi connectivity index (χ4v) is 3.77. The van der Waals surface area contributed by atoms with Gasteiger partial charge in [0.1, 0.15) is 11.3 Å². The van der Waals surface area contributed by atoms with E-state index in [2.05, 4.69) is 41.4 Å². The number of piperidine rings is 1. The summed E-state index contributed by atoms with van der Waals surface area (Å²) in [6.45, 7) is 6.00. The second kappa shape index (κ2) is 9.79. The fourth-order valence-electron chi connectivity index (χ4n) is 3.77. The van der Waals surface area contributed by atoms with Crippen molar-refractivity contribution in [3.63, 3.8) is 0 Å². The Hall–Kier alpha value is -3.12. The van der Waals surface area contributed by atoms with E-state index < -0.39 is 5.63 Å². The molecule has 1 aromatic heterocycles. The van der Waals surface area contributed by atoms with Crippen LogP contribution in [0.5, 0.6) is 5.75 Å². The zero-order chi connectivity index (χ0) is 21.6. The third kappa shape index (κ3) is 5.95. The molecule has 2 heterocycles. The Morgan fingerprint density at radius 1 is 1.06 bits per heavy atom. The number of fused-ring (bicyclic) bond motifs is 1. The molecule has 0 aliphatic carbocycles. The Kier molecular flexibility index (Phi) is 6.67. The minimum absolute atomic E-state index is 0.103. The van der Waals surface area contributed by atoms with Gasteiger partial charge in [0.15, 0.2) is 6.61 Å². The second-order valence-electron chi connectivity index (χ2n) is 8.29. The molecular weight excluding hydrogens is 392 g/mol. The Balaban J connectivity index is 1.23. The van der Waals surface area contributed by atoms with Gasteiger partial charge in [-0.05, 0) is 61.2 Å². The first-order valence-electron chi connectivity index (χ1n) is 10.8. The summed E-state index contributed by atoms with van der Waals surface area (Å²) in [5.74, 6) is 1.11. The summed E-state index contributed by atoms with van der Waals surface area (Å²) in [6.07, 6.45) is 2.56. The van der Waals surface area contributed by atoms with Gasteiger partial charge in [0.05, 0.1) is 0 Å². The van der Waals surface area contributed by atoms with Gasteiger partial charge < -0.3 is 14.5 Å². The average molecular weight is 421 g/mol. The van der Waals surface area contributed by atoms with Crippen molar-refractivity contribution in [1.29, 1.82) is 0 Å². The summed E-state index contributed by atoms with van der Waals surface area (Å²) in [7, 11) is 0. The van der Waals surface area contributed by atoms with Gasteiger partial charge in [-0.15, -0.1) is 0 Å². The number of hydrogen-bond acceptors (Lipinski definition) is 5. The van der Waals surface area contributed by atoms with Crippen molar-refractivity contribution in [3.05, 3.63) is 76.1 Å². The van der Waals surface area contributed by atoms with Crippen LogP contribution in [0.2, 0.25) is 0 Å². The van der Waals surface area contributed by atoms with Crippen molar-refractivity contribution < 1.29 is 13.9 Å². The van der Waals surface area contributed by atoms with Gasteiger partial charge in [0, 0.05) is 30.6 Å². The van der Waals surface area contributed by atoms with Gasteiger partial charge in [-0.1, -0.05) is 31.2 Å². The van der Waals surface area contributed by atoms with E-state index in [0.29, 0.717) is 17.9 Å². The van der Waals surface area contributed by atoms with E-state index >= 15 is 0 Å². The number of ether oxygens (including phenoxy) is 1. The molecule has 2 aromatic carbocycles. The average Bonchev–Trinajstić information content (AvgIpc) is 2.78. The molecule has 1 aliphatic heterocycles. The lowest BCUT2D eigenvalue weighted by Crippen LogP contribution is -2.32. The van der Waals surface area contributed by atoms with E-state index in [9.17, 15) is 9.59 Å². The van der Waals surface area contributed by atoms with Crippen LogP contribution in [0.25, 0.3) is 11.0 Å². The minimum Gasteiger partial charge on any atom is -0.484 e. The normalized spacial score (nSPS) is 15.1. The molecular formula is C25H28N2O4. The third-order valence-electron chi connectivity index (χ3n) is 5.76. The highest BCUT2D eigenvalue weighted by Crippen LogP contribution is 2.20. The highest BCUT2D eigenvalue weighted by atomic mass is 16.5. The fraction of sp³-hybridized carbons (Fsp3) is 0.360. The first kappa shape index (κ1) is 21.1. The molecule has 0 radical (unpaired) electrons. The molecule has 162 valence electrons. The lowest BCUT2D eigenvalue weighted by molar-refractivity contribution is -0.123.